The van der Waals surface area contributed by atoms with Gasteiger partial charge in [-0.15, -0.1) is 0 Å². The molecule has 1 N–H and O–H groups in total. The van der Waals surface area contributed by atoms with Crippen molar-refractivity contribution in [2.45, 2.75) is 32.6 Å². The van der Waals surface area contributed by atoms with Gasteiger partial charge in [-0.3, -0.25) is 0 Å². The van der Waals surface area contributed by atoms with E-state index in [4.69, 9.17) is 0 Å². The summed E-state index contributed by atoms with van der Waals surface area (Å²) in [5.41, 5.74) is 0.802. The SMILES string of the molecule is CCCC1CC12CCNC2. The predicted octanol–water partition coefficient (Wildman–Crippen LogP) is 1.79. The molecule has 1 aliphatic carbocycles. The molecule has 2 atom stereocenters. The summed E-state index contributed by atoms with van der Waals surface area (Å²) in [6.07, 6.45) is 5.83. The molecule has 0 aromatic carbocycles. The molecule has 2 fully saturated rings. The molecule has 10 heavy (non-hydrogen) atoms. The van der Waals surface area contributed by atoms with Crippen LogP contribution >= 0.6 is 0 Å². The largest absolute Gasteiger partial charge is 0.316 e. The minimum Gasteiger partial charge on any atom is -0.316 e. The molecular formula is C9H17N. The molecular weight excluding hydrogens is 122 g/mol. The van der Waals surface area contributed by atoms with Gasteiger partial charge in [-0.05, 0) is 30.7 Å². The maximum atomic E-state index is 3.46. The van der Waals surface area contributed by atoms with E-state index in [0.29, 0.717) is 0 Å². The lowest BCUT2D eigenvalue weighted by Crippen LogP contribution is -2.10. The summed E-state index contributed by atoms with van der Waals surface area (Å²) < 4.78 is 0. The van der Waals surface area contributed by atoms with Crippen LogP contribution in [0.2, 0.25) is 0 Å². The van der Waals surface area contributed by atoms with E-state index in [1.165, 1.54) is 38.8 Å². The summed E-state index contributed by atoms with van der Waals surface area (Å²) in [7, 11) is 0. The second-order valence-electron chi connectivity index (χ2n) is 3.98. The van der Waals surface area contributed by atoms with Crippen LogP contribution in [0, 0.1) is 11.3 Å². The molecule has 0 aromatic heterocycles. The van der Waals surface area contributed by atoms with Crippen LogP contribution in [0.15, 0.2) is 0 Å². The number of hydrogen-bond donors (Lipinski definition) is 1. The fraction of sp³-hybridized carbons (Fsp3) is 1.00. The second-order valence-corrected chi connectivity index (χ2v) is 3.98. The van der Waals surface area contributed by atoms with Gasteiger partial charge in [-0.25, -0.2) is 0 Å². The maximum Gasteiger partial charge on any atom is 0.00111 e. The molecule has 1 heterocycles. The Labute approximate surface area is 63.2 Å². The van der Waals surface area contributed by atoms with Gasteiger partial charge >= 0.3 is 0 Å². The van der Waals surface area contributed by atoms with Gasteiger partial charge in [0.05, 0.1) is 0 Å². The maximum absolute atomic E-state index is 3.46. The molecule has 2 unspecified atom stereocenters. The standard InChI is InChI=1S/C9H17N/c1-2-3-8-6-9(8)4-5-10-7-9/h8,10H,2-7H2,1H3. The number of hydrogen-bond acceptors (Lipinski definition) is 1. The predicted molar refractivity (Wildman–Crippen MR) is 42.9 cm³/mol. The third-order valence-corrected chi connectivity index (χ3v) is 3.27. The van der Waals surface area contributed by atoms with Gasteiger partial charge < -0.3 is 5.32 Å². The fourth-order valence-electron chi connectivity index (χ4n) is 2.47. The first-order valence-corrected chi connectivity index (χ1v) is 4.58. The first-order valence-electron chi connectivity index (χ1n) is 4.58. The molecule has 1 aliphatic heterocycles. The highest BCUT2D eigenvalue weighted by molar-refractivity contribution is 5.06. The zero-order valence-electron chi connectivity index (χ0n) is 6.82. The Morgan fingerprint density at radius 3 is 3.10 bits per heavy atom. The van der Waals surface area contributed by atoms with E-state index in [0.717, 1.165) is 11.3 Å². The second kappa shape index (κ2) is 2.23. The van der Waals surface area contributed by atoms with Gasteiger partial charge in [-0.1, -0.05) is 19.8 Å². The Hall–Kier alpha value is -0.0400. The van der Waals surface area contributed by atoms with Crippen LogP contribution in [0.25, 0.3) is 0 Å². The molecule has 1 nitrogen and oxygen atoms in total. The smallest absolute Gasteiger partial charge is 0.00111 e. The topological polar surface area (TPSA) is 12.0 Å². The lowest BCUT2D eigenvalue weighted by atomic mass is 10.0. The third kappa shape index (κ3) is 0.878. The monoisotopic (exact) mass is 139 g/mol. The highest BCUT2D eigenvalue weighted by Crippen LogP contribution is 2.58. The summed E-state index contributed by atoms with van der Waals surface area (Å²) in [4.78, 5) is 0. The Morgan fingerprint density at radius 1 is 1.60 bits per heavy atom. The van der Waals surface area contributed by atoms with Crippen LogP contribution in [-0.4, -0.2) is 13.1 Å². The Bertz CT molecular complexity index is 125. The number of nitrogens with one attached hydrogen (secondary N) is 1. The Balaban J connectivity index is 1.86. The molecule has 1 saturated heterocycles. The van der Waals surface area contributed by atoms with E-state index in [1.807, 2.05) is 0 Å². The van der Waals surface area contributed by atoms with Crippen molar-refractivity contribution in [3.63, 3.8) is 0 Å². The van der Waals surface area contributed by atoms with Gasteiger partial charge in [0.1, 0.15) is 0 Å². The van der Waals surface area contributed by atoms with Gasteiger partial charge in [0, 0.05) is 6.54 Å². The van der Waals surface area contributed by atoms with E-state index >= 15 is 0 Å². The zero-order valence-corrected chi connectivity index (χ0v) is 6.82. The summed E-state index contributed by atoms with van der Waals surface area (Å²) in [5, 5.41) is 3.46. The molecule has 1 saturated carbocycles. The highest BCUT2D eigenvalue weighted by atomic mass is 14.9. The first kappa shape index (κ1) is 6.66. The molecule has 0 bridgehead atoms. The van der Waals surface area contributed by atoms with Crippen molar-refractivity contribution in [1.82, 2.24) is 5.32 Å². The van der Waals surface area contributed by atoms with Gasteiger partial charge in [0.2, 0.25) is 0 Å². The van der Waals surface area contributed by atoms with Crippen molar-refractivity contribution >= 4 is 0 Å². The van der Waals surface area contributed by atoms with Gasteiger partial charge in [0.15, 0.2) is 0 Å². The van der Waals surface area contributed by atoms with E-state index in [9.17, 15) is 0 Å². The quantitative estimate of drug-likeness (QED) is 0.615. The average Bonchev–Trinajstić information content (AvgIpc) is 2.43. The minimum absolute atomic E-state index is 0.802. The van der Waals surface area contributed by atoms with Gasteiger partial charge in [0.25, 0.3) is 0 Å². The van der Waals surface area contributed by atoms with Crippen molar-refractivity contribution in [3.05, 3.63) is 0 Å². The van der Waals surface area contributed by atoms with Crippen molar-refractivity contribution in [3.8, 4) is 0 Å². The van der Waals surface area contributed by atoms with Crippen molar-refractivity contribution in [1.29, 1.82) is 0 Å². The number of rotatable bonds is 2. The normalized spacial score (nSPS) is 44.7. The summed E-state index contributed by atoms with van der Waals surface area (Å²) >= 11 is 0. The van der Waals surface area contributed by atoms with E-state index < -0.39 is 0 Å². The van der Waals surface area contributed by atoms with Crippen LogP contribution in [-0.2, 0) is 0 Å². The van der Waals surface area contributed by atoms with Crippen LogP contribution in [0.4, 0.5) is 0 Å². The summed E-state index contributed by atoms with van der Waals surface area (Å²) in [6, 6.07) is 0. The molecule has 1 spiro atoms. The van der Waals surface area contributed by atoms with E-state index in [2.05, 4.69) is 12.2 Å². The molecule has 1 heteroatoms. The highest BCUT2D eigenvalue weighted by Gasteiger charge is 2.53. The molecule has 2 aliphatic rings. The molecule has 0 amide bonds. The molecule has 2 rings (SSSR count). The van der Waals surface area contributed by atoms with E-state index in [-0.39, 0.29) is 0 Å². The van der Waals surface area contributed by atoms with Crippen molar-refractivity contribution in [2.24, 2.45) is 11.3 Å². The van der Waals surface area contributed by atoms with Crippen LogP contribution in [0.1, 0.15) is 32.6 Å². The molecule has 0 aromatic rings. The molecule has 0 radical (unpaired) electrons. The lowest BCUT2D eigenvalue weighted by molar-refractivity contribution is 0.480. The van der Waals surface area contributed by atoms with E-state index in [1.54, 1.807) is 0 Å². The van der Waals surface area contributed by atoms with Crippen molar-refractivity contribution < 1.29 is 0 Å². The summed E-state index contributed by atoms with van der Waals surface area (Å²) in [5.74, 6) is 1.09. The average molecular weight is 139 g/mol. The lowest BCUT2D eigenvalue weighted by Gasteiger charge is -2.04. The molecule has 58 valence electrons. The minimum atomic E-state index is 0.802. The zero-order chi connectivity index (χ0) is 7.03. The Morgan fingerprint density at radius 2 is 2.50 bits per heavy atom. The van der Waals surface area contributed by atoms with Crippen LogP contribution in [0.5, 0.6) is 0 Å². The van der Waals surface area contributed by atoms with Gasteiger partial charge in [-0.2, -0.15) is 0 Å². The summed E-state index contributed by atoms with van der Waals surface area (Å²) in [6.45, 7) is 4.90. The van der Waals surface area contributed by atoms with Crippen LogP contribution in [0.3, 0.4) is 0 Å². The van der Waals surface area contributed by atoms with Crippen molar-refractivity contribution in [2.75, 3.05) is 13.1 Å². The fourth-order valence-corrected chi connectivity index (χ4v) is 2.47. The third-order valence-electron chi connectivity index (χ3n) is 3.27. The first-order chi connectivity index (χ1) is 4.87. The Kier molecular flexibility index (Phi) is 1.48. The van der Waals surface area contributed by atoms with Crippen LogP contribution < -0.4 is 5.32 Å².